The van der Waals surface area contributed by atoms with Gasteiger partial charge in [-0.15, -0.1) is 0 Å². The van der Waals surface area contributed by atoms with Crippen LogP contribution in [0.25, 0.3) is 0 Å². The van der Waals surface area contributed by atoms with Crippen molar-refractivity contribution in [1.82, 2.24) is 0 Å². The Balaban J connectivity index is 1.95. The van der Waals surface area contributed by atoms with Crippen LogP contribution >= 0.6 is 0 Å². The number of allylic oxidation sites excluding steroid dienone is 4. The summed E-state index contributed by atoms with van der Waals surface area (Å²) in [5.74, 6) is 0. The Kier molecular flexibility index (Phi) is 2.12. The average Bonchev–Trinajstić information content (AvgIpc) is 2.97. The van der Waals surface area contributed by atoms with Crippen LogP contribution in [0.4, 0.5) is 0 Å². The molecule has 1 heteroatoms. The maximum absolute atomic E-state index is 8.50. The summed E-state index contributed by atoms with van der Waals surface area (Å²) in [6, 6.07) is 8.22. The molecule has 0 amide bonds. The maximum Gasteiger partial charge on any atom is 0.0560 e. The lowest BCUT2D eigenvalue weighted by Gasteiger charge is -2.17. The summed E-state index contributed by atoms with van der Waals surface area (Å²) in [5, 5.41) is 8.50. The van der Waals surface area contributed by atoms with E-state index >= 15 is 0 Å². The molecule has 0 aromatic heterocycles. The van der Waals surface area contributed by atoms with E-state index in [1.807, 2.05) is 12.1 Å². The van der Waals surface area contributed by atoms with Crippen molar-refractivity contribution in [3.8, 4) is 0 Å². The predicted octanol–water partition coefficient (Wildman–Crippen LogP) is 4.03. The highest BCUT2D eigenvalue weighted by molar-refractivity contribution is 6.11. The molecule has 0 radical (unpaired) electrons. The van der Waals surface area contributed by atoms with Gasteiger partial charge >= 0.3 is 0 Å². The normalized spacial score (nSPS) is 25.8. The summed E-state index contributed by atoms with van der Waals surface area (Å²) in [6.45, 7) is 4.28. The Bertz CT molecular complexity index is 563. The third kappa shape index (κ3) is 1.35. The van der Waals surface area contributed by atoms with Crippen LogP contribution in [0, 0.1) is 17.7 Å². The van der Waals surface area contributed by atoms with Gasteiger partial charge in [0, 0.05) is 0 Å². The molecule has 1 aromatic carbocycles. The largest absolute Gasteiger partial charge is 0.303 e. The van der Waals surface area contributed by atoms with Gasteiger partial charge in [0.15, 0.2) is 0 Å². The molecule has 0 saturated carbocycles. The Morgan fingerprint density at radius 3 is 2.71 bits per heavy atom. The molecule has 1 nitrogen and oxygen atoms in total. The van der Waals surface area contributed by atoms with Crippen LogP contribution in [0.1, 0.15) is 30.9 Å². The summed E-state index contributed by atoms with van der Waals surface area (Å²) in [7, 11) is 0. The second kappa shape index (κ2) is 3.43. The van der Waals surface area contributed by atoms with E-state index in [0.29, 0.717) is 0 Å². The first-order valence-corrected chi connectivity index (χ1v) is 6.21. The third-order valence-corrected chi connectivity index (χ3v) is 4.16. The van der Waals surface area contributed by atoms with Crippen molar-refractivity contribution < 1.29 is 0 Å². The highest BCUT2D eigenvalue weighted by atomic mass is 14.6. The van der Waals surface area contributed by atoms with Crippen molar-refractivity contribution in [3.05, 3.63) is 58.7 Å². The number of rotatable bonds is 2. The molecule has 3 rings (SSSR count). The molecular weight excluding hydrogens is 206 g/mol. The van der Waals surface area contributed by atoms with Crippen molar-refractivity contribution in [2.24, 2.45) is 5.41 Å². The number of aryl methyl sites for hydroxylation is 1. The maximum atomic E-state index is 8.50. The third-order valence-electron chi connectivity index (χ3n) is 4.16. The van der Waals surface area contributed by atoms with Gasteiger partial charge in [-0.1, -0.05) is 36.4 Å². The van der Waals surface area contributed by atoms with Crippen molar-refractivity contribution in [1.29, 1.82) is 5.41 Å². The van der Waals surface area contributed by atoms with Crippen LogP contribution in [0.5, 0.6) is 0 Å². The molecule has 0 spiro atoms. The van der Waals surface area contributed by atoms with Crippen molar-refractivity contribution in [3.63, 3.8) is 0 Å². The van der Waals surface area contributed by atoms with Crippen LogP contribution in [0.3, 0.4) is 0 Å². The van der Waals surface area contributed by atoms with Gasteiger partial charge in [0.25, 0.3) is 0 Å². The summed E-state index contributed by atoms with van der Waals surface area (Å²) in [5.41, 5.74) is 5.86. The van der Waals surface area contributed by atoms with Gasteiger partial charge < -0.3 is 5.41 Å². The number of benzene rings is 1. The van der Waals surface area contributed by atoms with E-state index < -0.39 is 0 Å². The Labute approximate surface area is 102 Å². The highest BCUT2D eigenvalue weighted by Gasteiger charge is 2.51. The van der Waals surface area contributed by atoms with E-state index in [2.05, 4.69) is 38.1 Å². The topological polar surface area (TPSA) is 23.9 Å². The molecule has 1 N–H and O–H groups in total. The molecule has 86 valence electrons. The molecule has 0 fully saturated rings. The highest BCUT2D eigenvalue weighted by Crippen LogP contribution is 2.58. The fraction of sp³-hybridized carbons (Fsp3) is 0.312. The van der Waals surface area contributed by atoms with E-state index in [9.17, 15) is 0 Å². The van der Waals surface area contributed by atoms with E-state index in [-0.39, 0.29) is 5.41 Å². The minimum Gasteiger partial charge on any atom is -0.303 e. The Morgan fingerprint density at radius 2 is 2.06 bits per heavy atom. The summed E-state index contributed by atoms with van der Waals surface area (Å²) in [6.07, 6.45) is 6.72. The molecular formula is C16H17N. The van der Waals surface area contributed by atoms with Crippen LogP contribution in [0.15, 0.2) is 47.6 Å². The molecule has 17 heavy (non-hydrogen) atoms. The van der Waals surface area contributed by atoms with Gasteiger partial charge in [0.1, 0.15) is 0 Å². The molecule has 1 aromatic rings. The Morgan fingerprint density at radius 1 is 1.29 bits per heavy atom. The molecule has 0 heterocycles. The minimum atomic E-state index is -0.0703. The molecule has 0 aliphatic heterocycles. The lowest BCUT2D eigenvalue weighted by atomic mass is 9.86. The van der Waals surface area contributed by atoms with Crippen LogP contribution < -0.4 is 0 Å². The SMILES string of the molecule is Cc1ccccc1C(=N)C1(C)C2=C1CCC=C2. The van der Waals surface area contributed by atoms with Gasteiger partial charge in [-0.05, 0) is 49.0 Å². The van der Waals surface area contributed by atoms with E-state index in [4.69, 9.17) is 5.41 Å². The first kappa shape index (κ1) is 10.5. The van der Waals surface area contributed by atoms with E-state index in [0.717, 1.165) is 24.1 Å². The summed E-state index contributed by atoms with van der Waals surface area (Å²) in [4.78, 5) is 0. The number of hydrogen-bond donors (Lipinski definition) is 1. The van der Waals surface area contributed by atoms with Crippen molar-refractivity contribution in [2.75, 3.05) is 0 Å². The fourth-order valence-corrected chi connectivity index (χ4v) is 2.95. The van der Waals surface area contributed by atoms with Gasteiger partial charge in [-0.2, -0.15) is 0 Å². The van der Waals surface area contributed by atoms with Crippen LogP contribution in [0.2, 0.25) is 0 Å². The van der Waals surface area contributed by atoms with Crippen molar-refractivity contribution >= 4 is 5.71 Å². The fourth-order valence-electron chi connectivity index (χ4n) is 2.95. The quantitative estimate of drug-likeness (QED) is 0.732. The molecule has 0 saturated heterocycles. The smallest absolute Gasteiger partial charge is 0.0560 e. The monoisotopic (exact) mass is 223 g/mol. The first-order valence-electron chi connectivity index (χ1n) is 6.21. The van der Waals surface area contributed by atoms with Crippen molar-refractivity contribution in [2.45, 2.75) is 26.7 Å². The summed E-state index contributed by atoms with van der Waals surface area (Å²) >= 11 is 0. The second-order valence-electron chi connectivity index (χ2n) is 5.15. The molecule has 2 aliphatic carbocycles. The van der Waals surface area contributed by atoms with E-state index in [1.165, 1.54) is 16.7 Å². The molecule has 1 atom stereocenters. The number of nitrogens with one attached hydrogen (secondary N) is 1. The van der Waals surface area contributed by atoms with E-state index in [1.54, 1.807) is 0 Å². The minimum absolute atomic E-state index is 0.0703. The molecule has 2 aliphatic rings. The summed E-state index contributed by atoms with van der Waals surface area (Å²) < 4.78 is 0. The zero-order chi connectivity index (χ0) is 12.0. The lowest BCUT2D eigenvalue weighted by molar-refractivity contribution is 0.794. The second-order valence-corrected chi connectivity index (χ2v) is 5.15. The zero-order valence-electron chi connectivity index (χ0n) is 10.4. The standard InChI is InChI=1S/C16H17N/c1-11-7-3-4-8-12(11)15(17)16(2)13-9-5-6-10-14(13)16/h3-5,7-9,17H,6,10H2,1-2H3. The average molecular weight is 223 g/mol. The first-order chi connectivity index (χ1) is 8.15. The molecule has 0 bridgehead atoms. The Hall–Kier alpha value is -1.63. The van der Waals surface area contributed by atoms with Gasteiger partial charge in [0.2, 0.25) is 0 Å². The van der Waals surface area contributed by atoms with Crippen LogP contribution in [-0.4, -0.2) is 5.71 Å². The zero-order valence-corrected chi connectivity index (χ0v) is 10.4. The van der Waals surface area contributed by atoms with Gasteiger partial charge in [-0.25, -0.2) is 0 Å². The number of hydrogen-bond acceptors (Lipinski definition) is 1. The lowest BCUT2D eigenvalue weighted by Crippen LogP contribution is -2.18. The van der Waals surface area contributed by atoms with Crippen LogP contribution in [-0.2, 0) is 0 Å². The van der Waals surface area contributed by atoms with Gasteiger partial charge in [0.05, 0.1) is 11.1 Å². The molecule has 1 unspecified atom stereocenters. The van der Waals surface area contributed by atoms with Gasteiger partial charge in [-0.3, -0.25) is 0 Å². The predicted molar refractivity (Wildman–Crippen MR) is 71.5 cm³/mol.